The molecule has 0 aromatic carbocycles. The van der Waals surface area contributed by atoms with Crippen LogP contribution in [-0.2, 0) is 4.74 Å². The molecule has 1 aliphatic heterocycles. The molecule has 1 saturated heterocycles. The Bertz CT molecular complexity index is 458. The molecular weight excluding hydrogens is 244 g/mol. The predicted molar refractivity (Wildman–Crippen MR) is 73.5 cm³/mol. The number of aliphatic hydroxyl groups is 1. The second kappa shape index (κ2) is 5.54. The number of hydrogen-bond donors (Lipinski definition) is 3. The Labute approximate surface area is 112 Å². The molecule has 2 rings (SSSR count). The first-order chi connectivity index (χ1) is 9.02. The number of nitrogen functional groups attached to an aromatic ring is 1. The van der Waals surface area contributed by atoms with Crippen LogP contribution in [0.25, 0.3) is 0 Å². The third kappa shape index (κ3) is 3.21. The molecule has 19 heavy (non-hydrogen) atoms. The summed E-state index contributed by atoms with van der Waals surface area (Å²) in [5.41, 5.74) is 5.37. The van der Waals surface area contributed by atoms with E-state index in [0.717, 1.165) is 0 Å². The van der Waals surface area contributed by atoms with E-state index in [9.17, 15) is 5.11 Å². The molecule has 0 aliphatic carbocycles. The number of amidine groups is 1. The molecule has 0 spiro atoms. The quantitative estimate of drug-likeness (QED) is 0.538. The minimum absolute atomic E-state index is 0.0195. The zero-order chi connectivity index (χ0) is 13.9. The number of nitrogens with zero attached hydrogens (tertiary/aromatic N) is 2. The van der Waals surface area contributed by atoms with E-state index in [1.165, 1.54) is 0 Å². The van der Waals surface area contributed by atoms with E-state index < -0.39 is 5.60 Å². The van der Waals surface area contributed by atoms with E-state index in [1.807, 2.05) is 11.9 Å². The number of ether oxygens (including phenoxy) is 1. The summed E-state index contributed by atoms with van der Waals surface area (Å²) in [6.45, 7) is 1.60. The molecule has 2 heterocycles. The van der Waals surface area contributed by atoms with Gasteiger partial charge in [-0.15, -0.1) is 0 Å². The van der Waals surface area contributed by atoms with Gasteiger partial charge < -0.3 is 20.5 Å². The molecule has 0 bridgehead atoms. The van der Waals surface area contributed by atoms with Crippen molar-refractivity contribution in [1.29, 1.82) is 5.41 Å². The number of likely N-dealkylation sites (N-methyl/N-ethyl adjacent to an activating group) is 1. The molecule has 1 aromatic heterocycles. The van der Waals surface area contributed by atoms with Gasteiger partial charge in [0.25, 0.3) is 0 Å². The third-order valence-corrected chi connectivity index (χ3v) is 3.39. The Kier molecular flexibility index (Phi) is 4.01. The van der Waals surface area contributed by atoms with Gasteiger partial charge in [0, 0.05) is 45.8 Å². The van der Waals surface area contributed by atoms with E-state index in [4.69, 9.17) is 15.9 Å². The number of nitrogens with one attached hydrogen (secondary N) is 1. The van der Waals surface area contributed by atoms with E-state index >= 15 is 0 Å². The second-order valence-corrected chi connectivity index (χ2v) is 4.98. The Morgan fingerprint density at radius 3 is 2.89 bits per heavy atom. The van der Waals surface area contributed by atoms with E-state index in [1.54, 1.807) is 18.3 Å². The van der Waals surface area contributed by atoms with Crippen molar-refractivity contribution in [2.45, 2.75) is 18.4 Å². The molecule has 1 aliphatic rings. The lowest BCUT2D eigenvalue weighted by molar-refractivity contribution is -0.0573. The highest BCUT2D eigenvalue weighted by molar-refractivity contribution is 5.99. The average Bonchev–Trinajstić information content (AvgIpc) is 2.39. The number of nitrogens with two attached hydrogens (primary N) is 1. The molecule has 104 valence electrons. The van der Waals surface area contributed by atoms with Gasteiger partial charge in [-0.05, 0) is 12.1 Å². The van der Waals surface area contributed by atoms with Gasteiger partial charge in [-0.1, -0.05) is 0 Å². The molecule has 0 unspecified atom stereocenters. The number of hydrogen-bond acceptors (Lipinski definition) is 5. The summed E-state index contributed by atoms with van der Waals surface area (Å²) in [4.78, 5) is 6.11. The smallest absolute Gasteiger partial charge is 0.139 e. The highest BCUT2D eigenvalue weighted by Gasteiger charge is 2.31. The molecule has 6 heteroatoms. The van der Waals surface area contributed by atoms with Crippen molar-refractivity contribution in [3.63, 3.8) is 0 Å². The van der Waals surface area contributed by atoms with Crippen LogP contribution in [-0.4, -0.2) is 48.3 Å². The number of anilines is 1. The van der Waals surface area contributed by atoms with Crippen LogP contribution in [0.2, 0.25) is 0 Å². The van der Waals surface area contributed by atoms with Gasteiger partial charge in [0.15, 0.2) is 0 Å². The molecule has 0 radical (unpaired) electrons. The van der Waals surface area contributed by atoms with Crippen LogP contribution < -0.4 is 10.6 Å². The van der Waals surface area contributed by atoms with Crippen molar-refractivity contribution in [2.24, 2.45) is 5.73 Å². The maximum Gasteiger partial charge on any atom is 0.139 e. The van der Waals surface area contributed by atoms with E-state index in [2.05, 4.69) is 4.98 Å². The minimum Gasteiger partial charge on any atom is -0.388 e. The van der Waals surface area contributed by atoms with E-state index in [0.29, 0.717) is 44.0 Å². The maximum absolute atomic E-state index is 10.5. The lowest BCUT2D eigenvalue weighted by Gasteiger charge is -2.36. The highest BCUT2D eigenvalue weighted by atomic mass is 16.5. The normalized spacial score (nSPS) is 18.0. The molecule has 1 aromatic rings. The number of rotatable bonds is 4. The van der Waals surface area contributed by atoms with Crippen molar-refractivity contribution in [3.8, 4) is 0 Å². The Hall–Kier alpha value is -1.66. The van der Waals surface area contributed by atoms with Crippen molar-refractivity contribution >= 4 is 11.7 Å². The van der Waals surface area contributed by atoms with Crippen LogP contribution >= 0.6 is 0 Å². The molecular formula is C13H20N4O2. The standard InChI is InChI=1S/C13H20N4O2/c1-17(9-13(18)4-7-19-8-5-13)12-10(11(14)15)3-2-6-16-12/h2-3,6,18H,4-5,7-9H2,1H3,(H3,14,15). The first kappa shape index (κ1) is 13.8. The summed E-state index contributed by atoms with van der Waals surface area (Å²) in [6, 6.07) is 3.51. The maximum atomic E-state index is 10.5. The van der Waals surface area contributed by atoms with Crippen LogP contribution in [0.5, 0.6) is 0 Å². The number of aromatic nitrogens is 1. The Morgan fingerprint density at radius 2 is 2.26 bits per heavy atom. The minimum atomic E-state index is -0.765. The zero-order valence-electron chi connectivity index (χ0n) is 11.1. The van der Waals surface area contributed by atoms with Crippen LogP contribution in [0.15, 0.2) is 18.3 Å². The topological polar surface area (TPSA) is 95.5 Å². The average molecular weight is 264 g/mol. The summed E-state index contributed by atoms with van der Waals surface area (Å²) in [6.07, 6.45) is 2.88. The SMILES string of the molecule is CN(CC1(O)CCOCC1)c1ncccc1C(=N)N. The van der Waals surface area contributed by atoms with Crippen molar-refractivity contribution in [1.82, 2.24) is 4.98 Å². The summed E-state index contributed by atoms with van der Waals surface area (Å²) in [5.74, 6) is 0.601. The third-order valence-electron chi connectivity index (χ3n) is 3.39. The molecule has 1 fully saturated rings. The van der Waals surface area contributed by atoms with Gasteiger partial charge in [-0.3, -0.25) is 5.41 Å². The Balaban J connectivity index is 2.15. The molecule has 0 saturated carbocycles. The molecule has 0 atom stereocenters. The fourth-order valence-electron chi connectivity index (χ4n) is 2.34. The van der Waals surface area contributed by atoms with Gasteiger partial charge in [-0.2, -0.15) is 0 Å². The van der Waals surface area contributed by atoms with Crippen LogP contribution in [0.1, 0.15) is 18.4 Å². The van der Waals surface area contributed by atoms with Crippen molar-refractivity contribution in [2.75, 3.05) is 31.7 Å². The first-order valence-electron chi connectivity index (χ1n) is 6.32. The molecule has 6 nitrogen and oxygen atoms in total. The van der Waals surface area contributed by atoms with Gasteiger partial charge >= 0.3 is 0 Å². The van der Waals surface area contributed by atoms with Gasteiger partial charge in [0.2, 0.25) is 0 Å². The van der Waals surface area contributed by atoms with Gasteiger partial charge in [0.05, 0.1) is 11.2 Å². The fraction of sp³-hybridized carbons (Fsp3) is 0.538. The largest absolute Gasteiger partial charge is 0.388 e. The highest BCUT2D eigenvalue weighted by Crippen LogP contribution is 2.24. The van der Waals surface area contributed by atoms with E-state index in [-0.39, 0.29) is 5.84 Å². The first-order valence-corrected chi connectivity index (χ1v) is 6.32. The number of pyridine rings is 1. The Morgan fingerprint density at radius 1 is 1.58 bits per heavy atom. The summed E-state index contributed by atoms with van der Waals surface area (Å²) in [7, 11) is 1.85. The van der Waals surface area contributed by atoms with Gasteiger partial charge in [0.1, 0.15) is 11.7 Å². The van der Waals surface area contributed by atoms with Crippen LogP contribution in [0.4, 0.5) is 5.82 Å². The fourth-order valence-corrected chi connectivity index (χ4v) is 2.34. The summed E-state index contributed by atoms with van der Waals surface area (Å²) < 4.78 is 5.27. The summed E-state index contributed by atoms with van der Waals surface area (Å²) in [5, 5.41) is 18.1. The predicted octanol–water partition coefficient (Wildman–Crippen LogP) is 0.343. The second-order valence-electron chi connectivity index (χ2n) is 4.98. The molecule has 0 amide bonds. The molecule has 4 N–H and O–H groups in total. The summed E-state index contributed by atoms with van der Waals surface area (Å²) >= 11 is 0. The zero-order valence-corrected chi connectivity index (χ0v) is 11.1. The van der Waals surface area contributed by atoms with Gasteiger partial charge in [-0.25, -0.2) is 4.98 Å². The van der Waals surface area contributed by atoms with Crippen molar-refractivity contribution in [3.05, 3.63) is 23.9 Å². The monoisotopic (exact) mass is 264 g/mol. The lowest BCUT2D eigenvalue weighted by atomic mass is 9.94. The van der Waals surface area contributed by atoms with Crippen LogP contribution in [0.3, 0.4) is 0 Å². The van der Waals surface area contributed by atoms with Crippen LogP contribution in [0, 0.1) is 5.41 Å². The van der Waals surface area contributed by atoms with Crippen molar-refractivity contribution < 1.29 is 9.84 Å². The lowest BCUT2D eigenvalue weighted by Crippen LogP contribution is -2.46.